The number of urea groups is 1. The van der Waals surface area contributed by atoms with Crippen molar-refractivity contribution in [1.29, 1.82) is 0 Å². The maximum atomic E-state index is 14.6. The van der Waals surface area contributed by atoms with Gasteiger partial charge in [-0.05, 0) is 13.0 Å². The van der Waals surface area contributed by atoms with E-state index in [2.05, 4.69) is 15.2 Å². The molecule has 1 aromatic heterocycles. The highest BCUT2D eigenvalue weighted by Gasteiger charge is 2.41. The average molecular weight is 623 g/mol. The molecule has 5 rings (SSSR count). The third-order valence-corrected chi connectivity index (χ3v) is 8.48. The van der Waals surface area contributed by atoms with Gasteiger partial charge in [-0.1, -0.05) is 23.7 Å². The van der Waals surface area contributed by atoms with E-state index in [1.807, 2.05) is 10.3 Å². The second kappa shape index (κ2) is 13.4. The Morgan fingerprint density at radius 1 is 1.33 bits per heavy atom. The SMILES string of the molecule is CCOC(O)C1=C(CN2CCN3C(=O)N(CCOCC(=O)O)CC3C2)NC(c2nccs2)=N[C@H]1c1cccc(F)c1Cl. The fourth-order valence-corrected chi connectivity index (χ4v) is 6.24. The van der Waals surface area contributed by atoms with Gasteiger partial charge in [0.25, 0.3) is 0 Å². The number of aliphatic carboxylic acids is 1. The van der Waals surface area contributed by atoms with Gasteiger partial charge in [0, 0.05) is 74.3 Å². The van der Waals surface area contributed by atoms with Gasteiger partial charge in [0.2, 0.25) is 0 Å². The number of thiazole rings is 1. The van der Waals surface area contributed by atoms with Crippen molar-refractivity contribution in [2.45, 2.75) is 25.3 Å². The van der Waals surface area contributed by atoms with Crippen LogP contribution in [0.1, 0.15) is 23.5 Å². The first-order chi connectivity index (χ1) is 20.3. The molecule has 2 aromatic rings. The van der Waals surface area contributed by atoms with Gasteiger partial charge in [0.1, 0.15) is 18.5 Å². The minimum atomic E-state index is -1.33. The number of ether oxygens (including phenoxy) is 2. The predicted octanol–water partition coefficient (Wildman–Crippen LogP) is 2.16. The fraction of sp³-hybridized carbons (Fsp3) is 0.481. The van der Waals surface area contributed by atoms with Gasteiger partial charge in [0.15, 0.2) is 17.1 Å². The van der Waals surface area contributed by atoms with Crippen molar-refractivity contribution in [3.8, 4) is 0 Å². The van der Waals surface area contributed by atoms with Gasteiger partial charge >= 0.3 is 12.0 Å². The van der Waals surface area contributed by atoms with Crippen LogP contribution in [0.15, 0.2) is 46.0 Å². The Morgan fingerprint density at radius 3 is 2.90 bits per heavy atom. The lowest BCUT2D eigenvalue weighted by atomic mass is 9.94. The number of aliphatic hydroxyl groups excluding tert-OH is 1. The number of carbonyl (C=O) groups is 2. The van der Waals surface area contributed by atoms with Crippen LogP contribution in [0, 0.1) is 5.82 Å². The van der Waals surface area contributed by atoms with Crippen LogP contribution in [0.5, 0.6) is 0 Å². The molecule has 12 nitrogen and oxygen atoms in total. The lowest BCUT2D eigenvalue weighted by Crippen LogP contribution is -2.53. The molecular formula is C27H32ClFN6O6S. The van der Waals surface area contributed by atoms with Crippen LogP contribution in [-0.4, -0.2) is 119 Å². The molecule has 15 heteroatoms. The number of carbonyl (C=O) groups excluding carboxylic acids is 1. The minimum absolute atomic E-state index is 0.0734. The summed E-state index contributed by atoms with van der Waals surface area (Å²) < 4.78 is 25.3. The number of amidine groups is 1. The van der Waals surface area contributed by atoms with E-state index in [4.69, 9.17) is 31.2 Å². The number of nitrogens with zero attached hydrogens (tertiary/aromatic N) is 5. The number of aliphatic imine (C=N–C) groups is 1. The Labute approximate surface area is 251 Å². The second-order valence-electron chi connectivity index (χ2n) is 9.98. The van der Waals surface area contributed by atoms with Gasteiger partial charge in [-0.25, -0.2) is 19.0 Å². The molecule has 0 radical (unpaired) electrons. The smallest absolute Gasteiger partial charge is 0.329 e. The third kappa shape index (κ3) is 6.58. The number of nitrogens with one attached hydrogen (secondary N) is 1. The van der Waals surface area contributed by atoms with E-state index in [1.54, 1.807) is 30.2 Å². The van der Waals surface area contributed by atoms with Gasteiger partial charge < -0.3 is 34.8 Å². The van der Waals surface area contributed by atoms with E-state index < -0.39 is 30.7 Å². The zero-order valence-electron chi connectivity index (χ0n) is 22.9. The van der Waals surface area contributed by atoms with Gasteiger partial charge in [-0.3, -0.25) is 9.89 Å². The second-order valence-corrected chi connectivity index (χ2v) is 11.3. The summed E-state index contributed by atoms with van der Waals surface area (Å²) >= 11 is 7.81. The third-order valence-electron chi connectivity index (χ3n) is 7.30. The van der Waals surface area contributed by atoms with E-state index >= 15 is 0 Å². The zero-order valence-corrected chi connectivity index (χ0v) is 24.5. The molecule has 3 aliphatic heterocycles. The number of rotatable bonds is 12. The number of fused-ring (bicyclic) bond motifs is 1. The molecule has 2 saturated heterocycles. The van der Waals surface area contributed by atoms with Crippen LogP contribution in [0.3, 0.4) is 0 Å². The molecular weight excluding hydrogens is 591 g/mol. The Kier molecular flexibility index (Phi) is 9.70. The molecule has 0 aliphatic carbocycles. The van der Waals surface area contributed by atoms with Crippen molar-refractivity contribution in [3.63, 3.8) is 0 Å². The lowest BCUT2D eigenvalue weighted by Gasteiger charge is -2.38. The molecule has 1 aromatic carbocycles. The predicted molar refractivity (Wildman–Crippen MR) is 153 cm³/mol. The van der Waals surface area contributed by atoms with E-state index in [0.29, 0.717) is 66.9 Å². The highest BCUT2D eigenvalue weighted by atomic mass is 35.5. The summed E-state index contributed by atoms with van der Waals surface area (Å²) in [4.78, 5) is 38.5. The van der Waals surface area contributed by atoms with Crippen LogP contribution in [0.25, 0.3) is 0 Å². The maximum Gasteiger partial charge on any atom is 0.329 e. The van der Waals surface area contributed by atoms with Gasteiger partial charge in [-0.15, -0.1) is 11.3 Å². The summed E-state index contributed by atoms with van der Waals surface area (Å²) in [7, 11) is 0. The number of amides is 2. The number of carboxylic acids is 1. The number of piperazine rings is 1. The van der Waals surface area contributed by atoms with E-state index in [1.165, 1.54) is 17.4 Å². The topological polar surface area (TPSA) is 140 Å². The standard InChI is InChI=1S/C27H32ClFN6O6S/c1-2-41-26(38)21-19(14-33-7-8-35-16(12-33)13-34(27(35)39)9-10-40-15-20(36)37)31-24(25-30-6-11-42-25)32-23(21)17-4-3-5-18(29)22(17)28/h3-6,11,16,23,26,38H,2,7-10,12-15H2,1H3,(H,31,32)(H,36,37)/t16?,23-,26?/m0/s1. The number of hydrogen-bond donors (Lipinski definition) is 3. The number of hydrogen-bond acceptors (Lipinski definition) is 10. The van der Waals surface area contributed by atoms with Crippen LogP contribution in [0.4, 0.5) is 9.18 Å². The normalized spacial score (nSPS) is 21.8. The summed E-state index contributed by atoms with van der Waals surface area (Å²) in [6.45, 7) is 4.53. The maximum absolute atomic E-state index is 14.6. The van der Waals surface area contributed by atoms with E-state index in [9.17, 15) is 19.1 Å². The van der Waals surface area contributed by atoms with E-state index in [0.717, 1.165) is 0 Å². The molecule has 2 unspecified atom stereocenters. The first kappa shape index (κ1) is 30.3. The number of benzene rings is 1. The molecule has 42 heavy (non-hydrogen) atoms. The summed E-state index contributed by atoms with van der Waals surface area (Å²) in [5.41, 5.74) is 1.45. The van der Waals surface area contributed by atoms with Gasteiger partial charge in [-0.2, -0.15) is 0 Å². The number of aliphatic hydroxyl groups is 1. The number of aromatic nitrogens is 1. The number of carboxylic acid groups (broad SMARTS) is 1. The summed E-state index contributed by atoms with van der Waals surface area (Å²) in [6.07, 6.45) is 0.330. The zero-order chi connectivity index (χ0) is 29.8. The van der Waals surface area contributed by atoms with Crippen molar-refractivity contribution >= 4 is 40.8 Å². The van der Waals surface area contributed by atoms with E-state index in [-0.39, 0.29) is 30.3 Å². The van der Waals surface area contributed by atoms with Crippen molar-refractivity contribution in [2.24, 2.45) is 4.99 Å². The highest BCUT2D eigenvalue weighted by Crippen LogP contribution is 2.38. The molecule has 0 saturated carbocycles. The molecule has 2 fully saturated rings. The Hall–Kier alpha value is -3.14. The monoisotopic (exact) mass is 622 g/mol. The average Bonchev–Trinajstić information content (AvgIpc) is 3.61. The largest absolute Gasteiger partial charge is 0.480 e. The first-order valence-electron chi connectivity index (χ1n) is 13.6. The molecule has 4 heterocycles. The molecule has 3 atom stereocenters. The fourth-order valence-electron chi connectivity index (χ4n) is 5.42. The summed E-state index contributed by atoms with van der Waals surface area (Å²) in [6, 6.07) is 3.50. The molecule has 3 aliphatic rings. The van der Waals surface area contributed by atoms with Crippen molar-refractivity contribution in [2.75, 3.05) is 59.1 Å². The van der Waals surface area contributed by atoms with Crippen LogP contribution in [-0.2, 0) is 14.3 Å². The van der Waals surface area contributed by atoms with Crippen LogP contribution < -0.4 is 5.32 Å². The first-order valence-corrected chi connectivity index (χ1v) is 14.8. The minimum Gasteiger partial charge on any atom is -0.480 e. The Morgan fingerprint density at radius 2 is 2.17 bits per heavy atom. The summed E-state index contributed by atoms with van der Waals surface area (Å²) in [5, 5.41) is 25.7. The Bertz CT molecular complexity index is 1360. The molecule has 226 valence electrons. The van der Waals surface area contributed by atoms with Crippen molar-refractivity contribution in [3.05, 3.63) is 62.5 Å². The molecule has 3 N–H and O–H groups in total. The molecule has 0 bridgehead atoms. The summed E-state index contributed by atoms with van der Waals surface area (Å²) in [5.74, 6) is -1.18. The van der Waals surface area contributed by atoms with Crippen LogP contribution in [0.2, 0.25) is 5.02 Å². The number of halogens is 2. The van der Waals surface area contributed by atoms with Crippen LogP contribution >= 0.6 is 22.9 Å². The molecule has 0 spiro atoms. The lowest BCUT2D eigenvalue weighted by molar-refractivity contribution is -0.142. The Balaban J connectivity index is 1.40. The van der Waals surface area contributed by atoms with Crippen molar-refractivity contribution in [1.82, 2.24) is 25.0 Å². The quantitative estimate of drug-likeness (QED) is 0.240. The molecule has 2 amide bonds. The van der Waals surface area contributed by atoms with Gasteiger partial charge in [0.05, 0.1) is 17.7 Å². The highest BCUT2D eigenvalue weighted by molar-refractivity contribution is 7.11. The van der Waals surface area contributed by atoms with Crippen molar-refractivity contribution < 1.29 is 33.7 Å².